The zero-order valence-corrected chi connectivity index (χ0v) is 15.9. The molecular weight excluding hydrogens is 396 g/mol. The van der Waals surface area contributed by atoms with Crippen molar-refractivity contribution in [3.8, 4) is 16.9 Å². The van der Waals surface area contributed by atoms with Gasteiger partial charge in [0.05, 0.1) is 18.9 Å². The molecule has 4 nitrogen and oxygen atoms in total. The van der Waals surface area contributed by atoms with Crippen LogP contribution in [0.3, 0.4) is 0 Å². The lowest BCUT2D eigenvalue weighted by Crippen LogP contribution is -2.24. The number of pyridine rings is 1. The number of benzene rings is 1. The van der Waals surface area contributed by atoms with Gasteiger partial charge in [-0.05, 0) is 45.0 Å². The number of aromatic nitrogens is 1. The molecule has 0 amide bonds. The number of carbonyl (C=O) groups excluding carboxylic acids is 1. The molecule has 2 rings (SSSR count). The lowest BCUT2D eigenvalue weighted by molar-refractivity contribution is 0.00704. The molecule has 134 valence electrons. The van der Waals surface area contributed by atoms with Gasteiger partial charge in [0.1, 0.15) is 17.0 Å². The maximum Gasteiger partial charge on any atom is 0.339 e. The standard InChI is InChI=1S/C18H18BrF2NO3/c1-18(2,3)25-17(23)11-6-5-10(19)7-12(11)13-8-14(16(20)21)22-9-15(13)24-4/h5-9,16H,1-4H3. The van der Waals surface area contributed by atoms with Crippen molar-refractivity contribution in [2.24, 2.45) is 0 Å². The number of hydrogen-bond donors (Lipinski definition) is 0. The highest BCUT2D eigenvalue weighted by molar-refractivity contribution is 9.10. The predicted octanol–water partition coefficient (Wildman–Crippen LogP) is 5.41. The van der Waals surface area contributed by atoms with Gasteiger partial charge >= 0.3 is 5.97 Å². The third-order valence-electron chi connectivity index (χ3n) is 3.22. The molecule has 0 unspecified atom stereocenters. The summed E-state index contributed by atoms with van der Waals surface area (Å²) in [5.41, 5.74) is -0.0637. The first kappa shape index (κ1) is 19.3. The van der Waals surface area contributed by atoms with E-state index >= 15 is 0 Å². The summed E-state index contributed by atoms with van der Waals surface area (Å²) in [6.45, 7) is 5.27. The number of hydrogen-bond acceptors (Lipinski definition) is 4. The van der Waals surface area contributed by atoms with Gasteiger partial charge in [0.2, 0.25) is 0 Å². The van der Waals surface area contributed by atoms with Crippen LogP contribution in [0.2, 0.25) is 0 Å². The number of alkyl halides is 2. The van der Waals surface area contributed by atoms with Crippen LogP contribution in [0.15, 0.2) is 34.9 Å². The number of ether oxygens (including phenoxy) is 2. The normalized spacial score (nSPS) is 11.5. The van der Waals surface area contributed by atoms with Crippen LogP contribution in [0.25, 0.3) is 11.1 Å². The fourth-order valence-corrected chi connectivity index (χ4v) is 2.56. The van der Waals surface area contributed by atoms with Crippen LogP contribution in [-0.4, -0.2) is 23.7 Å². The van der Waals surface area contributed by atoms with Crippen molar-refractivity contribution in [3.05, 3.63) is 46.2 Å². The molecule has 25 heavy (non-hydrogen) atoms. The molecule has 1 aromatic heterocycles. The van der Waals surface area contributed by atoms with E-state index in [2.05, 4.69) is 20.9 Å². The molecule has 1 heterocycles. The fourth-order valence-electron chi connectivity index (χ4n) is 2.20. The molecule has 2 aromatic rings. The van der Waals surface area contributed by atoms with Crippen LogP contribution < -0.4 is 4.74 Å². The number of halogens is 3. The molecule has 0 radical (unpaired) electrons. The Hall–Kier alpha value is -2.02. The number of rotatable bonds is 4. The van der Waals surface area contributed by atoms with E-state index < -0.39 is 23.7 Å². The number of methoxy groups -OCH3 is 1. The van der Waals surface area contributed by atoms with Gasteiger partial charge < -0.3 is 9.47 Å². The molecule has 0 spiro atoms. The quantitative estimate of drug-likeness (QED) is 0.628. The summed E-state index contributed by atoms with van der Waals surface area (Å²) in [4.78, 5) is 16.2. The number of esters is 1. The average Bonchev–Trinajstić information content (AvgIpc) is 2.52. The molecule has 7 heteroatoms. The van der Waals surface area contributed by atoms with Crippen LogP contribution >= 0.6 is 15.9 Å². The molecule has 0 aliphatic heterocycles. The van der Waals surface area contributed by atoms with Gasteiger partial charge in [-0.2, -0.15) is 0 Å². The van der Waals surface area contributed by atoms with Gasteiger partial charge in [-0.1, -0.05) is 15.9 Å². The van der Waals surface area contributed by atoms with Crippen molar-refractivity contribution in [2.45, 2.75) is 32.8 Å². The molecule has 0 bridgehead atoms. The van der Waals surface area contributed by atoms with E-state index in [9.17, 15) is 13.6 Å². The predicted molar refractivity (Wildman–Crippen MR) is 94.1 cm³/mol. The summed E-state index contributed by atoms with van der Waals surface area (Å²) >= 11 is 3.34. The third kappa shape index (κ3) is 4.75. The Balaban J connectivity index is 2.64. The summed E-state index contributed by atoms with van der Waals surface area (Å²) in [5, 5.41) is 0. The van der Waals surface area contributed by atoms with Gasteiger partial charge in [-0.3, -0.25) is 4.98 Å². The maximum atomic E-state index is 13.1. The Kier molecular flexibility index (Phi) is 5.77. The van der Waals surface area contributed by atoms with E-state index in [4.69, 9.17) is 9.47 Å². The average molecular weight is 414 g/mol. The lowest BCUT2D eigenvalue weighted by Gasteiger charge is -2.21. The summed E-state index contributed by atoms with van der Waals surface area (Å²) < 4.78 is 37.5. The van der Waals surface area contributed by atoms with Crippen LogP contribution in [0.4, 0.5) is 8.78 Å². The monoisotopic (exact) mass is 413 g/mol. The molecule has 0 fully saturated rings. The Morgan fingerprint density at radius 3 is 2.44 bits per heavy atom. The van der Waals surface area contributed by atoms with E-state index in [1.807, 2.05) is 0 Å². The van der Waals surface area contributed by atoms with Crippen molar-refractivity contribution in [1.82, 2.24) is 4.98 Å². The second-order valence-electron chi connectivity index (χ2n) is 6.30. The molecule has 0 aliphatic carbocycles. The molecule has 1 aromatic carbocycles. The van der Waals surface area contributed by atoms with Crippen molar-refractivity contribution in [2.75, 3.05) is 7.11 Å². The minimum absolute atomic E-state index is 0.253. The summed E-state index contributed by atoms with van der Waals surface area (Å²) in [7, 11) is 1.41. The van der Waals surface area contributed by atoms with Crippen molar-refractivity contribution >= 4 is 21.9 Å². The highest BCUT2D eigenvalue weighted by Gasteiger charge is 2.23. The first-order valence-corrected chi connectivity index (χ1v) is 8.27. The summed E-state index contributed by atoms with van der Waals surface area (Å²) in [6, 6.07) is 6.14. The van der Waals surface area contributed by atoms with Gasteiger partial charge in [-0.15, -0.1) is 0 Å². The highest BCUT2D eigenvalue weighted by Crippen LogP contribution is 2.36. The van der Waals surface area contributed by atoms with Gasteiger partial charge in [-0.25, -0.2) is 13.6 Å². The zero-order valence-electron chi connectivity index (χ0n) is 14.3. The van der Waals surface area contributed by atoms with Crippen LogP contribution in [0, 0.1) is 0 Å². The third-order valence-corrected chi connectivity index (χ3v) is 3.72. The SMILES string of the molecule is COc1cnc(C(F)F)cc1-c1cc(Br)ccc1C(=O)OC(C)(C)C. The van der Waals surface area contributed by atoms with Gasteiger partial charge in [0.15, 0.2) is 0 Å². The largest absolute Gasteiger partial charge is 0.494 e. The van der Waals surface area contributed by atoms with Gasteiger partial charge in [0.25, 0.3) is 6.43 Å². The van der Waals surface area contributed by atoms with E-state index in [1.54, 1.807) is 39.0 Å². The number of nitrogens with zero attached hydrogens (tertiary/aromatic N) is 1. The topological polar surface area (TPSA) is 48.4 Å². The molecule has 0 atom stereocenters. The highest BCUT2D eigenvalue weighted by atomic mass is 79.9. The maximum absolute atomic E-state index is 13.1. The number of carbonyl (C=O) groups is 1. The molecule has 0 saturated heterocycles. The second kappa shape index (κ2) is 7.47. The van der Waals surface area contributed by atoms with E-state index in [-0.39, 0.29) is 11.3 Å². The first-order valence-electron chi connectivity index (χ1n) is 7.47. The lowest BCUT2D eigenvalue weighted by atomic mass is 9.98. The Morgan fingerprint density at radius 1 is 1.20 bits per heavy atom. The fraction of sp³-hybridized carbons (Fsp3) is 0.333. The van der Waals surface area contributed by atoms with Crippen LogP contribution in [-0.2, 0) is 4.74 Å². The van der Waals surface area contributed by atoms with E-state index in [0.29, 0.717) is 15.6 Å². The zero-order chi connectivity index (χ0) is 18.8. The molecule has 0 N–H and O–H groups in total. The molecular formula is C18H18BrF2NO3. The molecule has 0 aliphatic rings. The summed E-state index contributed by atoms with van der Waals surface area (Å²) in [5.74, 6) is -0.264. The van der Waals surface area contributed by atoms with Crippen molar-refractivity contribution in [3.63, 3.8) is 0 Å². The Bertz CT molecular complexity index is 788. The van der Waals surface area contributed by atoms with Crippen molar-refractivity contribution < 1.29 is 23.0 Å². The van der Waals surface area contributed by atoms with E-state index in [1.165, 1.54) is 19.4 Å². The summed E-state index contributed by atoms with van der Waals surface area (Å²) in [6.07, 6.45) is -1.52. The smallest absolute Gasteiger partial charge is 0.339 e. The second-order valence-corrected chi connectivity index (χ2v) is 7.22. The van der Waals surface area contributed by atoms with E-state index in [0.717, 1.165) is 0 Å². The Morgan fingerprint density at radius 2 is 1.88 bits per heavy atom. The van der Waals surface area contributed by atoms with Crippen LogP contribution in [0.5, 0.6) is 5.75 Å². The van der Waals surface area contributed by atoms with Crippen LogP contribution in [0.1, 0.15) is 43.2 Å². The van der Waals surface area contributed by atoms with Crippen molar-refractivity contribution in [1.29, 1.82) is 0 Å². The minimum atomic E-state index is -2.73. The molecule has 0 saturated carbocycles. The first-order chi connectivity index (χ1) is 11.6. The minimum Gasteiger partial charge on any atom is -0.494 e. The Labute approximate surface area is 153 Å². The van der Waals surface area contributed by atoms with Gasteiger partial charge in [0, 0.05) is 15.6 Å².